The van der Waals surface area contributed by atoms with Crippen molar-refractivity contribution in [1.29, 1.82) is 0 Å². The van der Waals surface area contributed by atoms with Crippen molar-refractivity contribution in [2.45, 2.75) is 39.2 Å². The first kappa shape index (κ1) is 12.4. The molecule has 0 aromatic rings. The van der Waals surface area contributed by atoms with Crippen LogP contribution in [0.5, 0.6) is 0 Å². The fourth-order valence-corrected chi connectivity index (χ4v) is 2.66. The van der Waals surface area contributed by atoms with Gasteiger partial charge >= 0.3 is 0 Å². The Labute approximate surface area is 111 Å². The van der Waals surface area contributed by atoms with Crippen LogP contribution < -0.4 is 0 Å². The largest absolute Gasteiger partial charge is 0.362 e. The molecule has 0 aromatic heterocycles. The van der Waals surface area contributed by atoms with Crippen molar-refractivity contribution < 1.29 is 37.5 Å². The summed E-state index contributed by atoms with van der Waals surface area (Å²) in [5, 5.41) is 0. The molecule has 3 heteroatoms. The quantitative estimate of drug-likeness (QED) is 0.665. The molecule has 0 bridgehead atoms. The van der Waals surface area contributed by atoms with Gasteiger partial charge in [0.05, 0.1) is 0 Å². The van der Waals surface area contributed by atoms with Gasteiger partial charge in [0, 0.05) is 43.8 Å². The second-order valence-corrected chi connectivity index (χ2v) is 4.04. The van der Waals surface area contributed by atoms with Gasteiger partial charge in [0.15, 0.2) is 0 Å². The third-order valence-corrected chi connectivity index (χ3v) is 3.72. The zero-order valence-electron chi connectivity index (χ0n) is 9.13. The number of nitrogens with zero attached hydrogens (tertiary/aromatic N) is 1. The Morgan fingerprint density at radius 2 is 2.14 bits per heavy atom. The van der Waals surface area contributed by atoms with Crippen LogP contribution in [0.4, 0.5) is 0 Å². The molecule has 75 valence electrons. The SMILES string of the molecule is CCC12C[CH-]CN1C(=O)C(C)=C2C.[Y]. The normalized spacial score (nSPS) is 30.8. The molecule has 1 fully saturated rings. The molecule has 1 saturated heterocycles. The molecule has 0 N–H and O–H groups in total. The van der Waals surface area contributed by atoms with Gasteiger partial charge in [0.25, 0.3) is 0 Å². The number of carbonyl (C=O) groups is 1. The number of carbonyl (C=O) groups excluding carboxylic acids is 1. The summed E-state index contributed by atoms with van der Waals surface area (Å²) < 4.78 is 0. The molecule has 2 heterocycles. The second-order valence-electron chi connectivity index (χ2n) is 4.04. The Hall–Kier alpha value is 0.314. The molecule has 2 aliphatic heterocycles. The molecule has 14 heavy (non-hydrogen) atoms. The Morgan fingerprint density at radius 3 is 2.64 bits per heavy atom. The molecule has 2 rings (SSSR count). The Bertz CT molecular complexity index is 298. The van der Waals surface area contributed by atoms with Crippen LogP contribution in [0.1, 0.15) is 33.6 Å². The summed E-state index contributed by atoms with van der Waals surface area (Å²) >= 11 is 0. The van der Waals surface area contributed by atoms with E-state index in [2.05, 4.69) is 20.3 Å². The first-order chi connectivity index (χ1) is 6.13. The number of hydrogen-bond donors (Lipinski definition) is 0. The number of amides is 1. The summed E-state index contributed by atoms with van der Waals surface area (Å²) in [7, 11) is 0. The van der Waals surface area contributed by atoms with Crippen molar-refractivity contribution in [1.82, 2.24) is 4.90 Å². The minimum Gasteiger partial charge on any atom is -0.362 e. The van der Waals surface area contributed by atoms with Gasteiger partial charge in [-0.2, -0.15) is 6.42 Å². The molecular formula is C11H16NOY-. The monoisotopic (exact) mass is 267 g/mol. The minimum absolute atomic E-state index is 0. The van der Waals surface area contributed by atoms with Gasteiger partial charge in [-0.25, -0.2) is 0 Å². The molecule has 1 amide bonds. The van der Waals surface area contributed by atoms with Crippen LogP contribution in [-0.2, 0) is 37.5 Å². The minimum atomic E-state index is 0. The predicted molar refractivity (Wildman–Crippen MR) is 52.0 cm³/mol. The van der Waals surface area contributed by atoms with Crippen LogP contribution >= 0.6 is 0 Å². The fraction of sp³-hybridized carbons (Fsp3) is 0.636. The molecule has 0 aliphatic carbocycles. The first-order valence-corrected chi connectivity index (χ1v) is 4.95. The Morgan fingerprint density at radius 1 is 1.50 bits per heavy atom. The van der Waals surface area contributed by atoms with E-state index in [1.54, 1.807) is 0 Å². The Kier molecular flexibility index (Phi) is 3.59. The summed E-state index contributed by atoms with van der Waals surface area (Å²) in [6, 6.07) is 0. The van der Waals surface area contributed by atoms with E-state index in [-0.39, 0.29) is 44.2 Å². The van der Waals surface area contributed by atoms with Crippen LogP contribution in [0, 0.1) is 6.42 Å². The third-order valence-electron chi connectivity index (χ3n) is 3.72. The zero-order chi connectivity index (χ0) is 9.64. The van der Waals surface area contributed by atoms with Crippen molar-refractivity contribution in [2.75, 3.05) is 6.54 Å². The average Bonchev–Trinajstić information content (AvgIpc) is 2.64. The summed E-state index contributed by atoms with van der Waals surface area (Å²) in [5.41, 5.74) is 2.31. The maximum atomic E-state index is 11.8. The van der Waals surface area contributed by atoms with Crippen molar-refractivity contribution >= 4 is 5.91 Å². The molecule has 2 aliphatic rings. The van der Waals surface area contributed by atoms with Crippen LogP contribution in [0.15, 0.2) is 11.1 Å². The van der Waals surface area contributed by atoms with Crippen LogP contribution in [0.2, 0.25) is 0 Å². The number of hydrogen-bond acceptors (Lipinski definition) is 1. The molecule has 0 saturated carbocycles. The van der Waals surface area contributed by atoms with E-state index in [0.29, 0.717) is 0 Å². The maximum absolute atomic E-state index is 11.8. The second kappa shape index (κ2) is 4.05. The number of fused-ring (bicyclic) bond motifs is 1. The summed E-state index contributed by atoms with van der Waals surface area (Å²) in [5.74, 6) is 0.244. The van der Waals surface area contributed by atoms with E-state index in [0.717, 1.165) is 25.0 Å². The smallest absolute Gasteiger partial charge is 0.247 e. The van der Waals surface area contributed by atoms with E-state index in [4.69, 9.17) is 0 Å². The topological polar surface area (TPSA) is 20.3 Å². The molecule has 1 radical (unpaired) electrons. The van der Waals surface area contributed by atoms with Gasteiger partial charge in [-0.05, 0) is 25.8 Å². The predicted octanol–water partition coefficient (Wildman–Crippen LogP) is 1.92. The van der Waals surface area contributed by atoms with Crippen molar-refractivity contribution in [3.63, 3.8) is 0 Å². The molecule has 2 nitrogen and oxygen atoms in total. The molecule has 0 spiro atoms. The van der Waals surface area contributed by atoms with E-state index >= 15 is 0 Å². The van der Waals surface area contributed by atoms with E-state index in [1.165, 1.54) is 5.57 Å². The van der Waals surface area contributed by atoms with E-state index < -0.39 is 0 Å². The summed E-state index contributed by atoms with van der Waals surface area (Å²) in [4.78, 5) is 13.8. The summed E-state index contributed by atoms with van der Waals surface area (Å²) in [6.45, 7) is 7.06. The van der Waals surface area contributed by atoms with Crippen molar-refractivity contribution in [3.05, 3.63) is 17.6 Å². The van der Waals surface area contributed by atoms with Gasteiger partial charge in [-0.1, -0.05) is 6.92 Å². The van der Waals surface area contributed by atoms with Gasteiger partial charge in [-0.15, -0.1) is 6.54 Å². The zero-order valence-corrected chi connectivity index (χ0v) is 12.0. The Balaban J connectivity index is 0.000000980. The van der Waals surface area contributed by atoms with Crippen molar-refractivity contribution in [3.8, 4) is 0 Å². The average molecular weight is 267 g/mol. The number of rotatable bonds is 1. The van der Waals surface area contributed by atoms with Crippen LogP contribution in [-0.4, -0.2) is 22.9 Å². The third kappa shape index (κ3) is 1.34. The van der Waals surface area contributed by atoms with Gasteiger partial charge in [0.1, 0.15) is 0 Å². The van der Waals surface area contributed by atoms with Crippen LogP contribution in [0.3, 0.4) is 0 Å². The van der Waals surface area contributed by atoms with Gasteiger partial charge < -0.3 is 11.3 Å². The standard InChI is InChI=1S/C11H16NO.Y/c1-4-11-6-5-7-12(11)10(13)8(2)9(11)3;/h5H,4,6-7H2,1-3H3;/q-1;. The summed E-state index contributed by atoms with van der Waals surface area (Å²) in [6.07, 6.45) is 4.30. The van der Waals surface area contributed by atoms with E-state index in [9.17, 15) is 4.79 Å². The first-order valence-electron chi connectivity index (χ1n) is 4.95. The molecule has 0 aromatic carbocycles. The van der Waals surface area contributed by atoms with Gasteiger partial charge in [-0.3, -0.25) is 4.79 Å². The van der Waals surface area contributed by atoms with E-state index in [1.807, 2.05) is 11.8 Å². The van der Waals surface area contributed by atoms with Crippen LogP contribution in [0.25, 0.3) is 0 Å². The molecule has 1 atom stereocenters. The molecule has 1 unspecified atom stereocenters. The molecular weight excluding hydrogens is 251 g/mol. The van der Waals surface area contributed by atoms with Crippen molar-refractivity contribution in [2.24, 2.45) is 0 Å². The van der Waals surface area contributed by atoms with Gasteiger partial charge in [0.2, 0.25) is 5.91 Å². The maximum Gasteiger partial charge on any atom is 0.247 e. The fourth-order valence-electron chi connectivity index (χ4n) is 2.66.